The third-order valence-electron chi connectivity index (χ3n) is 3.58. The summed E-state index contributed by atoms with van der Waals surface area (Å²) in [4.78, 5) is 0. The maximum atomic E-state index is 9.75. The van der Waals surface area contributed by atoms with Crippen LogP contribution in [0.4, 0.5) is 0 Å². The van der Waals surface area contributed by atoms with Crippen LogP contribution in [0, 0.1) is 5.92 Å². The predicted octanol–water partition coefficient (Wildman–Crippen LogP) is 2.51. The van der Waals surface area contributed by atoms with E-state index < -0.39 is 0 Å². The van der Waals surface area contributed by atoms with E-state index in [1.54, 1.807) is 0 Å². The van der Waals surface area contributed by atoms with Crippen molar-refractivity contribution in [2.24, 2.45) is 5.92 Å². The van der Waals surface area contributed by atoms with Crippen molar-refractivity contribution in [2.75, 3.05) is 6.54 Å². The minimum Gasteiger partial charge on any atom is -0.487 e. The first kappa shape index (κ1) is 14.4. The van der Waals surface area contributed by atoms with Crippen molar-refractivity contribution in [2.45, 2.75) is 52.4 Å². The minimum absolute atomic E-state index is 0.0811. The third kappa shape index (κ3) is 3.71. The molecule has 3 nitrogen and oxygen atoms in total. The molecule has 1 aromatic carbocycles. The molecular weight excluding hydrogens is 238 g/mol. The summed E-state index contributed by atoms with van der Waals surface area (Å²) in [7, 11) is 0. The zero-order valence-corrected chi connectivity index (χ0v) is 12.4. The summed E-state index contributed by atoms with van der Waals surface area (Å²) in [6, 6.07) is 6.35. The molecule has 1 atom stereocenters. The van der Waals surface area contributed by atoms with Crippen molar-refractivity contribution in [3.8, 4) is 5.75 Å². The first-order valence-electron chi connectivity index (χ1n) is 7.07. The highest BCUT2D eigenvalue weighted by Crippen LogP contribution is 2.35. The maximum Gasteiger partial charge on any atom is 0.123 e. The van der Waals surface area contributed by atoms with Gasteiger partial charge in [-0.3, -0.25) is 0 Å². The van der Waals surface area contributed by atoms with Crippen LogP contribution in [0.2, 0.25) is 0 Å². The molecule has 0 saturated heterocycles. The number of hydrogen-bond donors (Lipinski definition) is 2. The van der Waals surface area contributed by atoms with Gasteiger partial charge in [0.1, 0.15) is 11.4 Å². The van der Waals surface area contributed by atoms with Crippen LogP contribution in [0.5, 0.6) is 5.75 Å². The summed E-state index contributed by atoms with van der Waals surface area (Å²) in [6.07, 6.45) is 0.682. The summed E-state index contributed by atoms with van der Waals surface area (Å²) in [6.45, 7) is 9.71. The van der Waals surface area contributed by atoms with Gasteiger partial charge in [0.15, 0.2) is 0 Å². The summed E-state index contributed by atoms with van der Waals surface area (Å²) >= 11 is 0. The zero-order valence-electron chi connectivity index (χ0n) is 12.4. The van der Waals surface area contributed by atoms with Gasteiger partial charge in [-0.1, -0.05) is 26.0 Å². The number of ether oxygens (including phenoxy) is 1. The van der Waals surface area contributed by atoms with Gasteiger partial charge in [-0.2, -0.15) is 0 Å². The molecule has 0 spiro atoms. The SMILES string of the molecule is CC(C)C(O)CNCc1ccc2c(c1)CC(C)(C)O2. The van der Waals surface area contributed by atoms with Crippen molar-refractivity contribution in [1.82, 2.24) is 5.32 Å². The van der Waals surface area contributed by atoms with Crippen molar-refractivity contribution in [3.63, 3.8) is 0 Å². The lowest BCUT2D eigenvalue weighted by Crippen LogP contribution is -2.30. The summed E-state index contributed by atoms with van der Waals surface area (Å²) < 4.78 is 5.86. The van der Waals surface area contributed by atoms with Gasteiger partial charge in [0.2, 0.25) is 0 Å². The van der Waals surface area contributed by atoms with Crippen molar-refractivity contribution in [1.29, 1.82) is 0 Å². The molecule has 2 rings (SSSR count). The Morgan fingerprint density at radius 2 is 2.11 bits per heavy atom. The molecule has 2 N–H and O–H groups in total. The van der Waals surface area contributed by atoms with E-state index in [0.717, 1.165) is 18.7 Å². The number of benzene rings is 1. The van der Waals surface area contributed by atoms with Gasteiger partial charge in [0.05, 0.1) is 6.10 Å². The molecule has 0 aliphatic carbocycles. The van der Waals surface area contributed by atoms with Gasteiger partial charge >= 0.3 is 0 Å². The van der Waals surface area contributed by atoms with Gasteiger partial charge in [-0.25, -0.2) is 0 Å². The van der Waals surface area contributed by atoms with Crippen LogP contribution in [0.1, 0.15) is 38.8 Å². The van der Waals surface area contributed by atoms with Crippen LogP contribution in [-0.4, -0.2) is 23.4 Å². The van der Waals surface area contributed by atoms with E-state index in [1.807, 2.05) is 13.8 Å². The summed E-state index contributed by atoms with van der Waals surface area (Å²) in [5, 5.41) is 13.0. The smallest absolute Gasteiger partial charge is 0.123 e. The van der Waals surface area contributed by atoms with Crippen LogP contribution in [0.15, 0.2) is 18.2 Å². The molecule has 0 radical (unpaired) electrons. The zero-order chi connectivity index (χ0) is 14.0. The number of nitrogens with one attached hydrogen (secondary N) is 1. The fourth-order valence-corrected chi connectivity index (χ4v) is 2.37. The molecule has 0 fully saturated rings. The molecule has 1 heterocycles. The number of rotatable bonds is 5. The average molecular weight is 263 g/mol. The summed E-state index contributed by atoms with van der Waals surface area (Å²) in [5.74, 6) is 1.30. The molecule has 19 heavy (non-hydrogen) atoms. The quantitative estimate of drug-likeness (QED) is 0.857. The van der Waals surface area contributed by atoms with E-state index in [4.69, 9.17) is 4.74 Å². The number of aliphatic hydroxyl groups excluding tert-OH is 1. The lowest BCUT2D eigenvalue weighted by atomic mass is 10.00. The molecule has 1 aliphatic rings. The first-order valence-corrected chi connectivity index (χ1v) is 7.07. The maximum absolute atomic E-state index is 9.75. The van der Waals surface area contributed by atoms with Crippen molar-refractivity contribution in [3.05, 3.63) is 29.3 Å². The fraction of sp³-hybridized carbons (Fsp3) is 0.625. The van der Waals surface area contributed by atoms with Crippen LogP contribution < -0.4 is 10.1 Å². The van der Waals surface area contributed by atoms with Crippen LogP contribution in [0.25, 0.3) is 0 Å². The Balaban J connectivity index is 1.90. The van der Waals surface area contributed by atoms with Gasteiger partial charge in [0, 0.05) is 19.5 Å². The number of fused-ring (bicyclic) bond motifs is 1. The second-order valence-electron chi connectivity index (χ2n) is 6.42. The highest BCUT2D eigenvalue weighted by atomic mass is 16.5. The van der Waals surface area contributed by atoms with Crippen molar-refractivity contribution >= 4 is 0 Å². The molecule has 1 aliphatic heterocycles. The topological polar surface area (TPSA) is 41.5 Å². The second kappa shape index (κ2) is 5.51. The molecule has 106 valence electrons. The molecule has 3 heteroatoms. The van der Waals surface area contributed by atoms with Crippen LogP contribution >= 0.6 is 0 Å². The molecule has 1 unspecified atom stereocenters. The Kier molecular flexibility index (Phi) is 4.16. The molecule has 0 bridgehead atoms. The minimum atomic E-state index is -0.281. The Bertz CT molecular complexity index is 440. The molecule has 0 aromatic heterocycles. The van der Waals surface area contributed by atoms with Crippen molar-refractivity contribution < 1.29 is 9.84 Å². The Morgan fingerprint density at radius 1 is 1.37 bits per heavy atom. The van der Waals surface area contributed by atoms with Gasteiger partial charge < -0.3 is 15.2 Å². The van der Waals surface area contributed by atoms with E-state index in [0.29, 0.717) is 12.5 Å². The predicted molar refractivity (Wildman–Crippen MR) is 77.4 cm³/mol. The van der Waals surface area contributed by atoms with Crippen LogP contribution in [0.3, 0.4) is 0 Å². The Morgan fingerprint density at radius 3 is 2.79 bits per heavy atom. The first-order chi connectivity index (χ1) is 8.87. The number of hydrogen-bond acceptors (Lipinski definition) is 3. The molecular formula is C16H25NO2. The normalized spacial score (nSPS) is 18.2. The Labute approximate surface area is 116 Å². The largest absolute Gasteiger partial charge is 0.487 e. The van der Waals surface area contributed by atoms with E-state index in [9.17, 15) is 5.11 Å². The average Bonchev–Trinajstić information content (AvgIpc) is 2.61. The van der Waals surface area contributed by atoms with Gasteiger partial charge in [-0.05, 0) is 37.0 Å². The number of aliphatic hydroxyl groups is 1. The monoisotopic (exact) mass is 263 g/mol. The van der Waals surface area contributed by atoms with E-state index in [2.05, 4.69) is 37.4 Å². The fourth-order valence-electron chi connectivity index (χ4n) is 2.37. The molecule has 0 amide bonds. The molecule has 1 aromatic rings. The molecule has 0 saturated carbocycles. The van der Waals surface area contributed by atoms with E-state index in [1.165, 1.54) is 11.1 Å². The van der Waals surface area contributed by atoms with Gasteiger partial charge in [0.25, 0.3) is 0 Å². The van der Waals surface area contributed by atoms with Gasteiger partial charge in [-0.15, -0.1) is 0 Å². The van der Waals surface area contributed by atoms with E-state index in [-0.39, 0.29) is 11.7 Å². The standard InChI is InChI=1S/C16H25NO2/c1-11(2)14(18)10-17-9-12-5-6-15-13(7-12)8-16(3,4)19-15/h5-7,11,14,17-18H,8-10H2,1-4H3. The lowest BCUT2D eigenvalue weighted by molar-refractivity contribution is 0.123. The highest BCUT2D eigenvalue weighted by molar-refractivity contribution is 5.41. The summed E-state index contributed by atoms with van der Waals surface area (Å²) in [5.41, 5.74) is 2.45. The third-order valence-corrected chi connectivity index (χ3v) is 3.58. The van der Waals surface area contributed by atoms with E-state index >= 15 is 0 Å². The Hall–Kier alpha value is -1.06. The lowest BCUT2D eigenvalue weighted by Gasteiger charge is -2.16. The van der Waals surface area contributed by atoms with Crippen LogP contribution in [-0.2, 0) is 13.0 Å². The highest BCUT2D eigenvalue weighted by Gasteiger charge is 2.29. The second-order valence-corrected chi connectivity index (χ2v) is 6.42.